The van der Waals surface area contributed by atoms with Crippen molar-refractivity contribution in [3.05, 3.63) is 34.4 Å². The van der Waals surface area contributed by atoms with Gasteiger partial charge >= 0.3 is 6.18 Å². The number of amides is 1. The van der Waals surface area contributed by atoms with Crippen molar-refractivity contribution in [1.82, 2.24) is 24.5 Å². The van der Waals surface area contributed by atoms with Gasteiger partial charge < -0.3 is 4.90 Å². The highest BCUT2D eigenvalue weighted by Gasteiger charge is 2.42. The molecule has 2 aromatic rings. The van der Waals surface area contributed by atoms with Crippen LogP contribution >= 0.6 is 11.6 Å². The number of carbonyl (C=O) groups is 1. The summed E-state index contributed by atoms with van der Waals surface area (Å²) in [7, 11) is 1.60. The van der Waals surface area contributed by atoms with E-state index in [0.29, 0.717) is 18.8 Å². The molecule has 3 rings (SSSR count). The minimum absolute atomic E-state index is 0.0641. The molecular weight excluding hydrogens is 371 g/mol. The van der Waals surface area contributed by atoms with Gasteiger partial charge in [0.05, 0.1) is 23.0 Å². The second-order valence-corrected chi connectivity index (χ2v) is 6.74. The van der Waals surface area contributed by atoms with Gasteiger partial charge in [-0.05, 0) is 25.8 Å². The highest BCUT2D eigenvalue weighted by molar-refractivity contribution is 6.32. The molecule has 0 aromatic carbocycles. The monoisotopic (exact) mass is 389 g/mol. The predicted molar refractivity (Wildman–Crippen MR) is 88.6 cm³/mol. The predicted octanol–water partition coefficient (Wildman–Crippen LogP) is 3.31. The molecule has 142 valence electrons. The van der Waals surface area contributed by atoms with Crippen molar-refractivity contribution in [3.8, 4) is 0 Å². The lowest BCUT2D eigenvalue weighted by Gasteiger charge is -2.18. The number of halogens is 4. The van der Waals surface area contributed by atoms with E-state index < -0.39 is 11.9 Å². The van der Waals surface area contributed by atoms with Crippen molar-refractivity contribution in [1.29, 1.82) is 0 Å². The fourth-order valence-electron chi connectivity index (χ4n) is 2.86. The molecule has 2 heterocycles. The van der Waals surface area contributed by atoms with Gasteiger partial charge in [0.1, 0.15) is 6.54 Å². The fraction of sp³-hybridized carbons (Fsp3) is 0.562. The van der Waals surface area contributed by atoms with Crippen LogP contribution in [0.4, 0.5) is 13.2 Å². The van der Waals surface area contributed by atoms with Crippen LogP contribution in [0.3, 0.4) is 0 Å². The molecule has 0 N–H and O–H groups in total. The molecule has 0 aliphatic heterocycles. The van der Waals surface area contributed by atoms with E-state index in [1.807, 2.05) is 6.92 Å². The number of likely N-dealkylation sites (N-methyl/N-ethyl adjacent to an activating group) is 1. The van der Waals surface area contributed by atoms with Gasteiger partial charge in [-0.3, -0.25) is 14.2 Å². The van der Waals surface area contributed by atoms with E-state index in [1.165, 1.54) is 4.90 Å². The topological polar surface area (TPSA) is 56.0 Å². The van der Waals surface area contributed by atoms with E-state index in [0.717, 1.165) is 23.2 Å². The lowest BCUT2D eigenvalue weighted by molar-refractivity contribution is -0.142. The molecule has 0 unspecified atom stereocenters. The second-order valence-electron chi connectivity index (χ2n) is 6.37. The Labute approximate surface area is 153 Å². The van der Waals surface area contributed by atoms with Gasteiger partial charge in [0.25, 0.3) is 0 Å². The lowest BCUT2D eigenvalue weighted by atomic mass is 10.2. The maximum absolute atomic E-state index is 13.1. The van der Waals surface area contributed by atoms with Gasteiger partial charge in [0.15, 0.2) is 5.69 Å². The minimum Gasteiger partial charge on any atom is -0.338 e. The number of aryl methyl sites for hydroxylation is 1. The summed E-state index contributed by atoms with van der Waals surface area (Å²) in [5, 5.41) is 7.34. The summed E-state index contributed by atoms with van der Waals surface area (Å²) >= 11 is 5.93. The Morgan fingerprint density at radius 3 is 2.65 bits per heavy atom. The van der Waals surface area contributed by atoms with Crippen LogP contribution in [0.2, 0.25) is 5.02 Å². The number of carbonyl (C=O) groups excluding carboxylic acids is 1. The van der Waals surface area contributed by atoms with Gasteiger partial charge in [0.2, 0.25) is 5.91 Å². The summed E-state index contributed by atoms with van der Waals surface area (Å²) in [6, 6.07) is 1.80. The second kappa shape index (κ2) is 6.94. The zero-order valence-electron chi connectivity index (χ0n) is 14.4. The van der Waals surface area contributed by atoms with Crippen LogP contribution in [-0.4, -0.2) is 37.4 Å². The van der Waals surface area contributed by atoms with Gasteiger partial charge in [-0.25, -0.2) is 0 Å². The average Bonchev–Trinajstić information content (AvgIpc) is 3.19. The molecule has 0 saturated heterocycles. The maximum atomic E-state index is 13.1. The van der Waals surface area contributed by atoms with Crippen LogP contribution in [0.15, 0.2) is 12.3 Å². The summed E-state index contributed by atoms with van der Waals surface area (Å²) in [4.78, 5) is 14.0. The first-order chi connectivity index (χ1) is 12.2. The van der Waals surface area contributed by atoms with E-state index in [9.17, 15) is 18.0 Å². The van der Waals surface area contributed by atoms with Crippen LogP contribution in [0.1, 0.15) is 42.8 Å². The molecular formula is C16H19ClF3N5O. The quantitative estimate of drug-likeness (QED) is 0.761. The maximum Gasteiger partial charge on any atom is 0.436 e. The Hall–Kier alpha value is -2.03. The summed E-state index contributed by atoms with van der Waals surface area (Å²) < 4.78 is 42.1. The molecule has 1 fully saturated rings. The Kier molecular flexibility index (Phi) is 5.01. The van der Waals surface area contributed by atoms with Crippen LogP contribution in [0, 0.1) is 0 Å². The highest BCUT2D eigenvalue weighted by Crippen LogP contribution is 2.46. The molecule has 1 aliphatic rings. The first kappa shape index (κ1) is 18.8. The van der Waals surface area contributed by atoms with Crippen molar-refractivity contribution < 1.29 is 18.0 Å². The molecule has 6 nitrogen and oxygen atoms in total. The third-order valence-corrected chi connectivity index (χ3v) is 4.75. The molecule has 26 heavy (non-hydrogen) atoms. The van der Waals surface area contributed by atoms with E-state index in [4.69, 9.17) is 11.6 Å². The van der Waals surface area contributed by atoms with Crippen molar-refractivity contribution in [2.75, 3.05) is 7.05 Å². The summed E-state index contributed by atoms with van der Waals surface area (Å²) in [6.07, 6.45) is -1.50. The Morgan fingerprint density at radius 1 is 1.38 bits per heavy atom. The van der Waals surface area contributed by atoms with Crippen LogP contribution in [-0.2, 0) is 30.6 Å². The number of aromatic nitrogens is 4. The lowest BCUT2D eigenvalue weighted by Crippen LogP contribution is -2.31. The molecule has 1 saturated carbocycles. The van der Waals surface area contributed by atoms with E-state index in [2.05, 4.69) is 10.2 Å². The molecule has 0 radical (unpaired) electrons. The SMILES string of the molecule is CCn1nccc1CN(C)C(=O)Cn1nc(C(F)(F)F)c(Cl)c1C1CC1. The summed E-state index contributed by atoms with van der Waals surface area (Å²) in [6.45, 7) is 2.63. The summed E-state index contributed by atoms with van der Waals surface area (Å²) in [5.74, 6) is -0.408. The largest absolute Gasteiger partial charge is 0.436 e. The Balaban J connectivity index is 1.78. The van der Waals surface area contributed by atoms with Gasteiger partial charge in [-0.2, -0.15) is 23.4 Å². The molecule has 2 aromatic heterocycles. The Morgan fingerprint density at radius 2 is 2.08 bits per heavy atom. The fourth-order valence-corrected chi connectivity index (χ4v) is 3.26. The number of hydrogen-bond donors (Lipinski definition) is 0. The molecule has 1 aliphatic carbocycles. The molecule has 0 bridgehead atoms. The van der Waals surface area contributed by atoms with Crippen LogP contribution in [0.5, 0.6) is 0 Å². The van der Waals surface area contributed by atoms with Crippen molar-refractivity contribution in [2.24, 2.45) is 0 Å². The first-order valence-corrected chi connectivity index (χ1v) is 8.68. The van der Waals surface area contributed by atoms with Crippen LogP contribution < -0.4 is 0 Å². The number of hydrogen-bond acceptors (Lipinski definition) is 3. The van der Waals surface area contributed by atoms with Gasteiger partial charge in [-0.1, -0.05) is 11.6 Å². The smallest absolute Gasteiger partial charge is 0.338 e. The highest BCUT2D eigenvalue weighted by atomic mass is 35.5. The van der Waals surface area contributed by atoms with Gasteiger partial charge in [-0.15, -0.1) is 0 Å². The summed E-state index contributed by atoms with van der Waals surface area (Å²) in [5.41, 5.74) is 0.0279. The normalized spacial score (nSPS) is 14.7. The Bertz CT molecular complexity index is 809. The van der Waals surface area contributed by atoms with E-state index in [1.54, 1.807) is 24.0 Å². The van der Waals surface area contributed by atoms with E-state index >= 15 is 0 Å². The minimum atomic E-state index is -4.64. The number of alkyl halides is 3. The zero-order valence-corrected chi connectivity index (χ0v) is 15.2. The van der Waals surface area contributed by atoms with Crippen molar-refractivity contribution >= 4 is 17.5 Å². The molecule has 0 atom stereocenters. The third-order valence-electron chi connectivity index (χ3n) is 4.38. The molecule has 1 amide bonds. The average molecular weight is 390 g/mol. The molecule has 10 heteroatoms. The zero-order chi connectivity index (χ0) is 19.1. The third kappa shape index (κ3) is 3.72. The molecule has 0 spiro atoms. The van der Waals surface area contributed by atoms with E-state index in [-0.39, 0.29) is 23.4 Å². The van der Waals surface area contributed by atoms with Crippen molar-refractivity contribution in [2.45, 2.75) is 51.5 Å². The standard InChI is InChI=1S/C16H19ClF3N5O/c1-3-24-11(6-7-21-24)8-23(2)12(26)9-25-14(10-4-5-10)13(17)15(22-25)16(18,19)20/h6-7,10H,3-5,8-9H2,1-2H3. The van der Waals surface area contributed by atoms with Crippen LogP contribution in [0.25, 0.3) is 0 Å². The number of nitrogens with zero attached hydrogens (tertiary/aromatic N) is 5. The van der Waals surface area contributed by atoms with Crippen molar-refractivity contribution in [3.63, 3.8) is 0 Å². The first-order valence-electron chi connectivity index (χ1n) is 8.30. The number of rotatable bonds is 6. The van der Waals surface area contributed by atoms with Gasteiger partial charge in [0, 0.05) is 25.7 Å².